The zero-order chi connectivity index (χ0) is 13.7. The third kappa shape index (κ3) is 1.51. The minimum Gasteiger partial charge on any atom is -0.408 e. The minimum atomic E-state index is -0.462. The Hall–Kier alpha value is -3.02. The van der Waals surface area contributed by atoms with Crippen molar-refractivity contribution in [2.45, 2.75) is 0 Å². The van der Waals surface area contributed by atoms with Crippen LogP contribution in [0.25, 0.3) is 28.0 Å². The number of imidazole rings is 1. The fraction of sp³-hybridized carbons (Fsp3) is 0. The number of H-pyrrole nitrogens is 1. The Morgan fingerprint density at radius 1 is 1.30 bits per heavy atom. The van der Waals surface area contributed by atoms with Crippen LogP contribution in [0.15, 0.2) is 51.9 Å². The fourth-order valence-corrected chi connectivity index (χ4v) is 2.28. The predicted molar refractivity (Wildman–Crippen MR) is 75.4 cm³/mol. The van der Waals surface area contributed by atoms with E-state index in [1.54, 1.807) is 18.2 Å². The lowest BCUT2D eigenvalue weighted by atomic mass is 10.1. The number of aromatic amines is 1. The molecule has 0 atom stereocenters. The van der Waals surface area contributed by atoms with Gasteiger partial charge in [0.1, 0.15) is 0 Å². The molecule has 3 heterocycles. The zero-order valence-corrected chi connectivity index (χ0v) is 10.3. The summed E-state index contributed by atoms with van der Waals surface area (Å²) in [4.78, 5) is 18.3. The van der Waals surface area contributed by atoms with Crippen LogP contribution < -0.4 is 11.5 Å². The molecular formula is C14H10N4O2. The minimum absolute atomic E-state index is 0.462. The second-order valence-electron chi connectivity index (χ2n) is 4.55. The van der Waals surface area contributed by atoms with Crippen LogP contribution in [-0.2, 0) is 0 Å². The first-order valence-corrected chi connectivity index (χ1v) is 6.07. The molecule has 0 fully saturated rings. The first-order valence-electron chi connectivity index (χ1n) is 6.07. The highest BCUT2D eigenvalue weighted by Crippen LogP contribution is 2.24. The van der Waals surface area contributed by atoms with E-state index in [2.05, 4.69) is 9.97 Å². The van der Waals surface area contributed by atoms with Crippen molar-refractivity contribution in [3.63, 3.8) is 0 Å². The van der Waals surface area contributed by atoms with Crippen LogP contribution in [0.1, 0.15) is 0 Å². The maximum Gasteiger partial charge on any atom is 0.417 e. The van der Waals surface area contributed by atoms with Crippen LogP contribution in [0.4, 0.5) is 5.69 Å². The van der Waals surface area contributed by atoms with Crippen molar-refractivity contribution < 1.29 is 4.42 Å². The third-order valence-corrected chi connectivity index (χ3v) is 3.23. The van der Waals surface area contributed by atoms with Gasteiger partial charge in [-0.1, -0.05) is 6.07 Å². The molecule has 0 radical (unpaired) electrons. The zero-order valence-electron chi connectivity index (χ0n) is 10.3. The number of oxazole rings is 1. The van der Waals surface area contributed by atoms with Gasteiger partial charge in [0.05, 0.1) is 16.9 Å². The molecule has 3 N–H and O–H groups in total. The molecule has 4 aromatic rings. The molecule has 3 aromatic heterocycles. The van der Waals surface area contributed by atoms with Crippen molar-refractivity contribution in [3.8, 4) is 11.3 Å². The van der Waals surface area contributed by atoms with Crippen LogP contribution in [0.3, 0.4) is 0 Å². The van der Waals surface area contributed by atoms with E-state index >= 15 is 0 Å². The summed E-state index contributed by atoms with van der Waals surface area (Å²) in [5.74, 6) is -0.462. The lowest BCUT2D eigenvalue weighted by Crippen LogP contribution is -1.92. The van der Waals surface area contributed by atoms with Gasteiger partial charge in [-0.25, -0.2) is 9.78 Å². The summed E-state index contributed by atoms with van der Waals surface area (Å²) < 4.78 is 6.92. The van der Waals surface area contributed by atoms with E-state index in [-0.39, 0.29) is 0 Å². The number of nitrogen functional groups attached to an aromatic ring is 1. The average Bonchev–Trinajstić information content (AvgIpc) is 3.00. The topological polar surface area (TPSA) is 89.3 Å². The number of pyridine rings is 1. The molecule has 0 aliphatic rings. The summed E-state index contributed by atoms with van der Waals surface area (Å²) in [6, 6.07) is 9.13. The summed E-state index contributed by atoms with van der Waals surface area (Å²) in [6.07, 6.45) is 3.77. The number of fused-ring (bicyclic) bond motifs is 2. The summed E-state index contributed by atoms with van der Waals surface area (Å²) in [7, 11) is 0. The largest absolute Gasteiger partial charge is 0.417 e. The van der Waals surface area contributed by atoms with E-state index < -0.39 is 5.76 Å². The summed E-state index contributed by atoms with van der Waals surface area (Å²) in [5.41, 5.74) is 10.0. The molecule has 0 spiro atoms. The highest BCUT2D eigenvalue weighted by Gasteiger charge is 2.08. The van der Waals surface area contributed by atoms with Crippen LogP contribution >= 0.6 is 0 Å². The van der Waals surface area contributed by atoms with Crippen molar-refractivity contribution in [2.75, 3.05) is 5.73 Å². The second kappa shape index (κ2) is 3.74. The van der Waals surface area contributed by atoms with E-state index in [0.29, 0.717) is 22.4 Å². The summed E-state index contributed by atoms with van der Waals surface area (Å²) in [6.45, 7) is 0. The van der Waals surface area contributed by atoms with Crippen LogP contribution in [-0.4, -0.2) is 14.4 Å². The molecule has 0 saturated carbocycles. The Morgan fingerprint density at radius 3 is 3.05 bits per heavy atom. The Bertz CT molecular complexity index is 993. The van der Waals surface area contributed by atoms with Gasteiger partial charge >= 0.3 is 5.76 Å². The van der Waals surface area contributed by atoms with E-state index in [0.717, 1.165) is 11.3 Å². The van der Waals surface area contributed by atoms with E-state index in [1.807, 2.05) is 28.9 Å². The van der Waals surface area contributed by atoms with Gasteiger partial charge in [-0.15, -0.1) is 0 Å². The number of benzene rings is 1. The molecule has 0 aliphatic heterocycles. The highest BCUT2D eigenvalue weighted by atomic mass is 16.4. The number of nitrogens with two attached hydrogens (primary N) is 1. The van der Waals surface area contributed by atoms with Gasteiger partial charge in [-0.05, 0) is 24.3 Å². The highest BCUT2D eigenvalue weighted by molar-refractivity contribution is 5.80. The Morgan fingerprint density at radius 2 is 2.20 bits per heavy atom. The van der Waals surface area contributed by atoms with Crippen LogP contribution in [0.5, 0.6) is 0 Å². The van der Waals surface area contributed by atoms with Gasteiger partial charge in [0.15, 0.2) is 11.2 Å². The quantitative estimate of drug-likeness (QED) is 0.551. The number of nitrogens with zero attached hydrogens (tertiary/aromatic N) is 2. The Balaban J connectivity index is 1.95. The van der Waals surface area contributed by atoms with E-state index in [1.165, 1.54) is 0 Å². The molecule has 0 amide bonds. The first kappa shape index (κ1) is 10.9. The van der Waals surface area contributed by atoms with Gasteiger partial charge in [0.2, 0.25) is 0 Å². The molecule has 1 aromatic carbocycles. The molecule has 6 nitrogen and oxygen atoms in total. The molecule has 4 rings (SSSR count). The first-order chi connectivity index (χ1) is 9.70. The number of hydrogen-bond acceptors (Lipinski definition) is 4. The van der Waals surface area contributed by atoms with Crippen LogP contribution in [0, 0.1) is 0 Å². The predicted octanol–water partition coefficient (Wildman–Crippen LogP) is 2.02. The van der Waals surface area contributed by atoms with Gasteiger partial charge < -0.3 is 14.6 Å². The molecule has 0 aliphatic carbocycles. The number of rotatable bonds is 1. The van der Waals surface area contributed by atoms with E-state index in [4.69, 9.17) is 10.2 Å². The average molecular weight is 266 g/mol. The molecular weight excluding hydrogens is 256 g/mol. The number of hydrogen-bond donors (Lipinski definition) is 2. The van der Waals surface area contributed by atoms with Crippen molar-refractivity contribution in [2.24, 2.45) is 0 Å². The fourth-order valence-electron chi connectivity index (χ4n) is 2.28. The van der Waals surface area contributed by atoms with Crippen molar-refractivity contribution >= 4 is 22.4 Å². The Labute approximate surface area is 112 Å². The van der Waals surface area contributed by atoms with Gasteiger partial charge in [-0.3, -0.25) is 4.98 Å². The maximum absolute atomic E-state index is 11.2. The number of anilines is 1. The molecule has 6 heteroatoms. The SMILES string of the molecule is Nc1cccn2cc(-c3ccc4[nH]c(=O)oc4c3)nc12. The summed E-state index contributed by atoms with van der Waals surface area (Å²) in [5, 5.41) is 0. The normalized spacial score (nSPS) is 11.4. The van der Waals surface area contributed by atoms with Crippen molar-refractivity contribution in [3.05, 3.63) is 53.3 Å². The Kier molecular flexibility index (Phi) is 2.03. The summed E-state index contributed by atoms with van der Waals surface area (Å²) >= 11 is 0. The lowest BCUT2D eigenvalue weighted by Gasteiger charge is -1.95. The maximum atomic E-state index is 11.2. The molecule has 0 saturated heterocycles. The molecule has 98 valence electrons. The number of nitrogens with one attached hydrogen (secondary N) is 1. The second-order valence-corrected chi connectivity index (χ2v) is 4.55. The van der Waals surface area contributed by atoms with Gasteiger partial charge in [0, 0.05) is 18.0 Å². The number of aromatic nitrogens is 3. The third-order valence-electron chi connectivity index (χ3n) is 3.23. The monoisotopic (exact) mass is 266 g/mol. The standard InChI is InChI=1S/C14H10N4O2/c15-9-2-1-5-18-7-11(16-13(9)18)8-3-4-10-12(6-8)20-14(19)17-10/h1-7H,15H2,(H,17,19). The van der Waals surface area contributed by atoms with Gasteiger partial charge in [-0.2, -0.15) is 0 Å². The lowest BCUT2D eigenvalue weighted by molar-refractivity contribution is 0.555. The van der Waals surface area contributed by atoms with Gasteiger partial charge in [0.25, 0.3) is 0 Å². The molecule has 20 heavy (non-hydrogen) atoms. The van der Waals surface area contributed by atoms with Crippen LogP contribution in [0.2, 0.25) is 0 Å². The van der Waals surface area contributed by atoms with E-state index in [9.17, 15) is 4.79 Å². The molecule has 0 unspecified atom stereocenters. The van der Waals surface area contributed by atoms with Crippen molar-refractivity contribution in [1.82, 2.24) is 14.4 Å². The van der Waals surface area contributed by atoms with Crippen molar-refractivity contribution in [1.29, 1.82) is 0 Å². The smallest absolute Gasteiger partial charge is 0.408 e. The molecule has 0 bridgehead atoms.